The molecule has 0 amide bonds. The molecular weight excluding hydrogens is 142 g/mol. The maximum atomic E-state index is 3.34. The molecular formula is C8H19NS. The number of hydrogen-bond acceptors (Lipinski definition) is 2. The van der Waals surface area contributed by atoms with E-state index in [1.165, 1.54) is 19.3 Å². The first-order chi connectivity index (χ1) is 4.77. The standard InChI is InChI=1S/C8H19NS/c1-4-5-6-7-9-10-8(2)3/h8-9H,4-7H2,1-3H3. The monoisotopic (exact) mass is 161 g/mol. The Kier molecular flexibility index (Phi) is 7.65. The van der Waals surface area contributed by atoms with Crippen molar-refractivity contribution in [3.05, 3.63) is 0 Å². The van der Waals surface area contributed by atoms with Gasteiger partial charge in [0.05, 0.1) is 0 Å². The molecule has 0 radical (unpaired) electrons. The van der Waals surface area contributed by atoms with Crippen molar-refractivity contribution in [3.8, 4) is 0 Å². The summed E-state index contributed by atoms with van der Waals surface area (Å²) in [6.07, 6.45) is 3.98. The van der Waals surface area contributed by atoms with E-state index in [0.29, 0.717) is 5.25 Å². The highest BCUT2D eigenvalue weighted by Gasteiger charge is 1.91. The molecule has 0 atom stereocenters. The van der Waals surface area contributed by atoms with Crippen molar-refractivity contribution in [2.75, 3.05) is 6.54 Å². The Labute approximate surface area is 69.1 Å². The SMILES string of the molecule is CCCCCNSC(C)C. The van der Waals surface area contributed by atoms with E-state index in [9.17, 15) is 0 Å². The second kappa shape index (κ2) is 7.42. The average Bonchev–Trinajstić information content (AvgIpc) is 1.87. The van der Waals surface area contributed by atoms with Crippen molar-refractivity contribution in [2.24, 2.45) is 0 Å². The van der Waals surface area contributed by atoms with Gasteiger partial charge in [-0.25, -0.2) is 0 Å². The lowest BCUT2D eigenvalue weighted by molar-refractivity contribution is 0.708. The Hall–Kier alpha value is 0.310. The third-order valence-corrected chi connectivity index (χ3v) is 2.04. The van der Waals surface area contributed by atoms with Crippen LogP contribution in [-0.2, 0) is 0 Å². The summed E-state index contributed by atoms with van der Waals surface area (Å²) in [6.45, 7) is 7.81. The zero-order chi connectivity index (χ0) is 7.82. The quantitative estimate of drug-likeness (QED) is 0.475. The molecule has 0 heterocycles. The summed E-state index contributed by atoms with van der Waals surface area (Å²) < 4.78 is 3.34. The van der Waals surface area contributed by atoms with E-state index in [1.807, 2.05) is 11.9 Å². The first-order valence-electron chi connectivity index (χ1n) is 4.16. The zero-order valence-electron chi connectivity index (χ0n) is 7.31. The van der Waals surface area contributed by atoms with E-state index in [0.717, 1.165) is 6.54 Å². The van der Waals surface area contributed by atoms with Crippen LogP contribution >= 0.6 is 11.9 Å². The Morgan fingerprint density at radius 3 is 2.50 bits per heavy atom. The highest BCUT2D eigenvalue weighted by atomic mass is 32.2. The molecule has 0 fully saturated rings. The molecule has 0 aliphatic carbocycles. The van der Waals surface area contributed by atoms with Gasteiger partial charge >= 0.3 is 0 Å². The van der Waals surface area contributed by atoms with Crippen molar-refractivity contribution < 1.29 is 0 Å². The predicted octanol–water partition coefficient (Wildman–Crippen LogP) is 2.82. The van der Waals surface area contributed by atoms with Crippen molar-refractivity contribution in [1.29, 1.82) is 0 Å². The van der Waals surface area contributed by atoms with Gasteiger partial charge in [-0.3, -0.25) is 4.72 Å². The molecule has 0 spiro atoms. The Balaban J connectivity index is 2.77. The van der Waals surface area contributed by atoms with Gasteiger partial charge in [0.25, 0.3) is 0 Å². The van der Waals surface area contributed by atoms with Gasteiger partial charge in [-0.15, -0.1) is 0 Å². The minimum Gasteiger partial charge on any atom is -0.264 e. The Morgan fingerprint density at radius 1 is 1.30 bits per heavy atom. The zero-order valence-corrected chi connectivity index (χ0v) is 8.13. The minimum atomic E-state index is 0.710. The van der Waals surface area contributed by atoms with Gasteiger partial charge in [-0.05, 0) is 6.42 Å². The second-order valence-electron chi connectivity index (χ2n) is 2.77. The maximum absolute atomic E-state index is 3.34. The van der Waals surface area contributed by atoms with Crippen LogP contribution in [0.15, 0.2) is 0 Å². The van der Waals surface area contributed by atoms with Crippen LogP contribution in [0.1, 0.15) is 40.0 Å². The predicted molar refractivity (Wildman–Crippen MR) is 50.3 cm³/mol. The number of hydrogen-bond donors (Lipinski definition) is 1. The molecule has 0 saturated heterocycles. The normalized spacial score (nSPS) is 10.8. The van der Waals surface area contributed by atoms with E-state index in [4.69, 9.17) is 0 Å². The van der Waals surface area contributed by atoms with Crippen LogP contribution in [0.25, 0.3) is 0 Å². The van der Waals surface area contributed by atoms with Gasteiger partial charge in [0, 0.05) is 11.8 Å². The summed E-state index contributed by atoms with van der Waals surface area (Å²) in [6, 6.07) is 0. The topological polar surface area (TPSA) is 12.0 Å². The fourth-order valence-electron chi connectivity index (χ4n) is 0.673. The lowest BCUT2D eigenvalue weighted by Gasteiger charge is -2.04. The van der Waals surface area contributed by atoms with Crippen LogP contribution in [-0.4, -0.2) is 11.8 Å². The highest BCUT2D eigenvalue weighted by Crippen LogP contribution is 2.03. The van der Waals surface area contributed by atoms with E-state index in [2.05, 4.69) is 25.5 Å². The van der Waals surface area contributed by atoms with Crippen molar-refractivity contribution >= 4 is 11.9 Å². The lowest BCUT2D eigenvalue weighted by Crippen LogP contribution is -2.08. The first-order valence-corrected chi connectivity index (χ1v) is 5.03. The van der Waals surface area contributed by atoms with Crippen LogP contribution in [0.2, 0.25) is 0 Å². The number of unbranched alkanes of at least 4 members (excludes halogenated alkanes) is 2. The molecule has 0 aromatic heterocycles. The second-order valence-corrected chi connectivity index (χ2v) is 4.24. The Morgan fingerprint density at radius 2 is 2.00 bits per heavy atom. The summed E-state index contributed by atoms with van der Waals surface area (Å²) in [5.41, 5.74) is 0. The maximum Gasteiger partial charge on any atom is 0.0136 e. The molecule has 0 aromatic carbocycles. The van der Waals surface area contributed by atoms with Gasteiger partial charge in [0.1, 0.15) is 0 Å². The number of rotatable bonds is 6. The average molecular weight is 161 g/mol. The summed E-state index contributed by atoms with van der Waals surface area (Å²) in [4.78, 5) is 0. The molecule has 1 N–H and O–H groups in total. The van der Waals surface area contributed by atoms with E-state index >= 15 is 0 Å². The smallest absolute Gasteiger partial charge is 0.0136 e. The van der Waals surface area contributed by atoms with Gasteiger partial charge in [0.2, 0.25) is 0 Å². The largest absolute Gasteiger partial charge is 0.264 e. The summed E-state index contributed by atoms with van der Waals surface area (Å²) >= 11 is 1.83. The van der Waals surface area contributed by atoms with Crippen molar-refractivity contribution in [2.45, 2.75) is 45.3 Å². The molecule has 62 valence electrons. The highest BCUT2D eigenvalue weighted by molar-refractivity contribution is 7.97. The molecule has 0 rings (SSSR count). The third-order valence-electron chi connectivity index (χ3n) is 1.20. The van der Waals surface area contributed by atoms with Gasteiger partial charge < -0.3 is 0 Å². The molecule has 0 bridgehead atoms. The van der Waals surface area contributed by atoms with Gasteiger partial charge in [0.15, 0.2) is 0 Å². The molecule has 0 aliphatic heterocycles. The summed E-state index contributed by atoms with van der Waals surface area (Å²) in [5, 5.41) is 0.710. The van der Waals surface area contributed by atoms with Crippen LogP contribution in [0.3, 0.4) is 0 Å². The molecule has 0 aromatic rings. The van der Waals surface area contributed by atoms with Crippen LogP contribution in [0.4, 0.5) is 0 Å². The first kappa shape index (κ1) is 10.3. The van der Waals surface area contributed by atoms with Crippen molar-refractivity contribution in [1.82, 2.24) is 4.72 Å². The van der Waals surface area contributed by atoms with Gasteiger partial charge in [-0.2, -0.15) is 0 Å². The molecule has 2 heteroatoms. The summed E-state index contributed by atoms with van der Waals surface area (Å²) in [7, 11) is 0. The lowest BCUT2D eigenvalue weighted by atomic mass is 10.3. The number of nitrogens with one attached hydrogen (secondary N) is 1. The third kappa shape index (κ3) is 8.31. The Bertz CT molecular complexity index is 64.3. The minimum absolute atomic E-state index is 0.710. The summed E-state index contributed by atoms with van der Waals surface area (Å²) in [5.74, 6) is 0. The fourth-order valence-corrected chi connectivity index (χ4v) is 1.27. The van der Waals surface area contributed by atoms with Crippen LogP contribution in [0, 0.1) is 0 Å². The molecule has 0 saturated carbocycles. The van der Waals surface area contributed by atoms with E-state index in [-0.39, 0.29) is 0 Å². The fraction of sp³-hybridized carbons (Fsp3) is 1.00. The molecule has 10 heavy (non-hydrogen) atoms. The molecule has 0 unspecified atom stereocenters. The van der Waals surface area contributed by atoms with Crippen molar-refractivity contribution in [3.63, 3.8) is 0 Å². The van der Waals surface area contributed by atoms with Crippen LogP contribution < -0.4 is 4.72 Å². The van der Waals surface area contributed by atoms with Crippen LogP contribution in [0.5, 0.6) is 0 Å². The molecule has 0 aliphatic rings. The van der Waals surface area contributed by atoms with E-state index < -0.39 is 0 Å². The van der Waals surface area contributed by atoms with E-state index in [1.54, 1.807) is 0 Å². The molecule has 1 nitrogen and oxygen atoms in total. The van der Waals surface area contributed by atoms with Gasteiger partial charge in [-0.1, -0.05) is 45.6 Å².